The number of rotatable bonds is 2. The van der Waals surface area contributed by atoms with E-state index in [0.29, 0.717) is 0 Å². The first-order valence-corrected chi connectivity index (χ1v) is 7.53. The molecule has 1 heterocycles. The Morgan fingerprint density at radius 3 is 2.46 bits per heavy atom. The maximum absolute atomic E-state index is 12.8. The van der Waals surface area contributed by atoms with Crippen LogP contribution in [-0.2, 0) is 6.18 Å². The number of fused-ring (bicyclic) bond motifs is 1. The second-order valence-electron chi connectivity index (χ2n) is 5.44. The fraction of sp³-hybridized carbons (Fsp3) is 0.0588. The van der Waals surface area contributed by atoms with Crippen molar-refractivity contribution in [1.82, 2.24) is 4.57 Å². The third kappa shape index (κ3) is 2.88. The minimum Gasteiger partial charge on any atom is -0.507 e. The highest BCUT2D eigenvalue weighted by atomic mass is 35.5. The van der Waals surface area contributed by atoms with Crippen LogP contribution < -0.4 is 11.2 Å². The molecule has 3 aromatic rings. The molecule has 1 amide bonds. The van der Waals surface area contributed by atoms with Crippen molar-refractivity contribution in [3.63, 3.8) is 0 Å². The molecule has 0 spiro atoms. The third-order valence-electron chi connectivity index (χ3n) is 3.81. The Kier molecular flexibility index (Phi) is 4.15. The van der Waals surface area contributed by atoms with Gasteiger partial charge < -0.3 is 15.4 Å². The second kappa shape index (κ2) is 6.06. The van der Waals surface area contributed by atoms with Crippen molar-refractivity contribution in [3.8, 4) is 11.4 Å². The minimum absolute atomic E-state index is 0.0813. The lowest BCUT2D eigenvalue weighted by molar-refractivity contribution is -0.137. The molecule has 3 rings (SSSR count). The van der Waals surface area contributed by atoms with Gasteiger partial charge in [0.25, 0.3) is 5.91 Å². The summed E-state index contributed by atoms with van der Waals surface area (Å²) in [4.78, 5) is 24.0. The number of nitrogens with two attached hydrogens (primary N) is 1. The van der Waals surface area contributed by atoms with Crippen molar-refractivity contribution >= 4 is 28.4 Å². The van der Waals surface area contributed by atoms with Gasteiger partial charge in [-0.2, -0.15) is 13.2 Å². The predicted octanol–water partition coefficient (Wildman–Crippen LogP) is 3.47. The fourth-order valence-corrected chi connectivity index (χ4v) is 2.88. The van der Waals surface area contributed by atoms with E-state index in [2.05, 4.69) is 0 Å². The van der Waals surface area contributed by atoms with Crippen LogP contribution in [0.2, 0.25) is 5.02 Å². The number of benzene rings is 2. The van der Waals surface area contributed by atoms with Crippen LogP contribution in [0.1, 0.15) is 15.9 Å². The molecule has 9 heteroatoms. The lowest BCUT2D eigenvalue weighted by Crippen LogP contribution is -2.24. The highest BCUT2D eigenvalue weighted by Gasteiger charge is 2.31. The Morgan fingerprint density at radius 2 is 1.88 bits per heavy atom. The lowest BCUT2D eigenvalue weighted by atomic mass is 10.1. The van der Waals surface area contributed by atoms with Crippen LogP contribution in [0.15, 0.2) is 47.4 Å². The number of halogens is 4. The Bertz CT molecular complexity index is 1110. The van der Waals surface area contributed by atoms with Crippen molar-refractivity contribution < 1.29 is 23.1 Å². The summed E-state index contributed by atoms with van der Waals surface area (Å²) in [6.45, 7) is 0. The number of carbonyl (C=O) groups is 1. The number of hydrogen-bond donors (Lipinski definition) is 2. The second-order valence-corrected chi connectivity index (χ2v) is 5.85. The summed E-state index contributed by atoms with van der Waals surface area (Å²) < 4.78 is 39.7. The zero-order valence-electron chi connectivity index (χ0n) is 12.8. The number of amides is 1. The maximum atomic E-state index is 12.8. The highest BCUT2D eigenvalue weighted by Crippen LogP contribution is 2.34. The Balaban J connectivity index is 2.39. The Morgan fingerprint density at radius 1 is 1.19 bits per heavy atom. The molecule has 0 saturated carbocycles. The van der Waals surface area contributed by atoms with E-state index in [-0.39, 0.29) is 21.6 Å². The largest absolute Gasteiger partial charge is 0.507 e. The third-order valence-corrected chi connectivity index (χ3v) is 4.11. The molecule has 5 nitrogen and oxygen atoms in total. The normalized spacial score (nSPS) is 11.7. The monoisotopic (exact) mass is 382 g/mol. The smallest absolute Gasteiger partial charge is 0.416 e. The number of alkyl halides is 3. The maximum Gasteiger partial charge on any atom is 0.416 e. The number of carbonyl (C=O) groups excluding carboxylic acids is 1. The first-order chi connectivity index (χ1) is 12.1. The van der Waals surface area contributed by atoms with Gasteiger partial charge in [0.2, 0.25) is 5.43 Å². The molecule has 0 radical (unpaired) electrons. The van der Waals surface area contributed by atoms with E-state index in [4.69, 9.17) is 17.3 Å². The number of phenolic OH excluding ortho intramolecular Hbond substituents is 1. The van der Waals surface area contributed by atoms with Crippen LogP contribution in [0, 0.1) is 0 Å². The number of aromatic hydroxyl groups is 1. The van der Waals surface area contributed by atoms with Crippen molar-refractivity contribution in [2.45, 2.75) is 6.18 Å². The van der Waals surface area contributed by atoms with Crippen LogP contribution in [0.3, 0.4) is 0 Å². The van der Waals surface area contributed by atoms with Crippen LogP contribution in [0.25, 0.3) is 16.6 Å². The molecule has 0 bridgehead atoms. The summed E-state index contributed by atoms with van der Waals surface area (Å²) >= 11 is 6.00. The van der Waals surface area contributed by atoms with E-state index in [9.17, 15) is 27.9 Å². The minimum atomic E-state index is -4.58. The first-order valence-electron chi connectivity index (χ1n) is 7.15. The standard InChI is InChI=1S/C17H10ClF3N2O3/c18-10-6-8(17(19,20)21)4-5-11(10)23-7-9(16(22)26)15(25)14-12(23)2-1-3-13(14)24/h1-7,24H,(H2,22,26). The molecule has 0 aliphatic rings. The Hall–Kier alpha value is -3.00. The molecule has 3 N–H and O–H groups in total. The average molecular weight is 383 g/mol. The molecular weight excluding hydrogens is 373 g/mol. The van der Waals surface area contributed by atoms with Gasteiger partial charge in [-0.05, 0) is 30.3 Å². The number of hydrogen-bond acceptors (Lipinski definition) is 3. The summed E-state index contributed by atoms with van der Waals surface area (Å²) in [6, 6.07) is 6.79. The molecular formula is C17H10ClF3N2O3. The van der Waals surface area contributed by atoms with Gasteiger partial charge in [0.15, 0.2) is 0 Å². The van der Waals surface area contributed by atoms with E-state index in [0.717, 1.165) is 24.4 Å². The summed E-state index contributed by atoms with van der Waals surface area (Å²) in [7, 11) is 0. The quantitative estimate of drug-likeness (QED) is 0.711. The van der Waals surface area contributed by atoms with Crippen LogP contribution >= 0.6 is 11.6 Å². The number of nitrogens with zero attached hydrogens (tertiary/aromatic N) is 1. The number of pyridine rings is 1. The molecule has 26 heavy (non-hydrogen) atoms. The Labute approximate surface area is 149 Å². The first kappa shape index (κ1) is 17.8. The van der Waals surface area contributed by atoms with Crippen molar-refractivity contribution in [3.05, 3.63) is 69.0 Å². The molecule has 2 aromatic carbocycles. The van der Waals surface area contributed by atoms with Gasteiger partial charge in [0.1, 0.15) is 11.3 Å². The molecule has 0 unspecified atom stereocenters. The van der Waals surface area contributed by atoms with Gasteiger partial charge in [-0.3, -0.25) is 9.59 Å². The van der Waals surface area contributed by atoms with Gasteiger partial charge >= 0.3 is 6.18 Å². The van der Waals surface area contributed by atoms with Gasteiger partial charge in [-0.25, -0.2) is 0 Å². The molecule has 0 aliphatic carbocycles. The highest BCUT2D eigenvalue weighted by molar-refractivity contribution is 6.32. The van der Waals surface area contributed by atoms with Gasteiger partial charge in [-0.1, -0.05) is 17.7 Å². The fourth-order valence-electron chi connectivity index (χ4n) is 2.61. The average Bonchev–Trinajstić information content (AvgIpc) is 2.54. The van der Waals surface area contributed by atoms with Crippen LogP contribution in [-0.4, -0.2) is 15.6 Å². The molecule has 1 aromatic heterocycles. The van der Waals surface area contributed by atoms with Crippen molar-refractivity contribution in [1.29, 1.82) is 0 Å². The van der Waals surface area contributed by atoms with Crippen molar-refractivity contribution in [2.24, 2.45) is 5.73 Å². The van der Waals surface area contributed by atoms with E-state index >= 15 is 0 Å². The van der Waals surface area contributed by atoms with Gasteiger partial charge in [-0.15, -0.1) is 0 Å². The SMILES string of the molecule is NC(=O)c1cn(-c2ccc(C(F)(F)F)cc2Cl)c2cccc(O)c2c1=O. The van der Waals surface area contributed by atoms with E-state index < -0.39 is 34.4 Å². The van der Waals surface area contributed by atoms with Crippen molar-refractivity contribution in [2.75, 3.05) is 0 Å². The molecule has 134 valence electrons. The van der Waals surface area contributed by atoms with Crippen LogP contribution in [0.5, 0.6) is 5.75 Å². The predicted molar refractivity (Wildman–Crippen MR) is 89.7 cm³/mol. The summed E-state index contributed by atoms with van der Waals surface area (Å²) in [6.07, 6.45) is -3.49. The lowest BCUT2D eigenvalue weighted by Gasteiger charge is -2.16. The van der Waals surface area contributed by atoms with Crippen LogP contribution in [0.4, 0.5) is 13.2 Å². The zero-order chi connectivity index (χ0) is 19.2. The summed E-state index contributed by atoms with van der Waals surface area (Å²) in [5.74, 6) is -1.44. The number of primary amides is 1. The topological polar surface area (TPSA) is 85.3 Å². The van der Waals surface area contributed by atoms with E-state index in [1.807, 2.05) is 0 Å². The summed E-state index contributed by atoms with van der Waals surface area (Å²) in [5.41, 5.74) is 3.27. The number of phenols is 1. The van der Waals surface area contributed by atoms with E-state index in [1.165, 1.54) is 22.8 Å². The molecule has 0 atom stereocenters. The molecule has 0 saturated heterocycles. The molecule has 0 fully saturated rings. The van der Waals surface area contributed by atoms with Gasteiger partial charge in [0.05, 0.1) is 27.2 Å². The van der Waals surface area contributed by atoms with E-state index in [1.54, 1.807) is 0 Å². The van der Waals surface area contributed by atoms with Gasteiger partial charge in [0, 0.05) is 6.20 Å². The summed E-state index contributed by atoms with van der Waals surface area (Å²) in [5, 5.41) is 9.55. The zero-order valence-corrected chi connectivity index (χ0v) is 13.6. The number of aromatic nitrogens is 1. The molecule has 0 aliphatic heterocycles.